The molecule has 0 aliphatic rings. The third-order valence-electron chi connectivity index (χ3n) is 3.17. The highest BCUT2D eigenvalue weighted by molar-refractivity contribution is 8.00. The molecule has 14 heavy (non-hydrogen) atoms. The molecule has 0 bridgehead atoms. The van der Waals surface area contributed by atoms with Crippen LogP contribution in [0.15, 0.2) is 0 Å². The van der Waals surface area contributed by atoms with Gasteiger partial charge in [0, 0.05) is 15.5 Å². The number of hydrogen-bond donors (Lipinski definition) is 0. The van der Waals surface area contributed by atoms with Gasteiger partial charge >= 0.3 is 0 Å². The van der Waals surface area contributed by atoms with Crippen molar-refractivity contribution >= 4 is 14.7 Å². The van der Waals surface area contributed by atoms with Crippen LogP contribution in [0, 0.1) is 0 Å². The van der Waals surface area contributed by atoms with Gasteiger partial charge in [0.2, 0.25) is 0 Å². The fourth-order valence-electron chi connectivity index (χ4n) is 3.02. The first-order chi connectivity index (χ1) is 6.31. The predicted molar refractivity (Wildman–Crippen MR) is 73.3 cm³/mol. The van der Waals surface area contributed by atoms with Crippen LogP contribution >= 0.6 is 7.14 Å². The van der Waals surface area contributed by atoms with Crippen molar-refractivity contribution in [2.45, 2.75) is 77.8 Å². The molecular weight excluding hydrogens is 186 g/mol. The van der Waals surface area contributed by atoms with Crippen LogP contribution in [0.5, 0.6) is 0 Å². The molecule has 0 nitrogen and oxygen atoms in total. The average Bonchev–Trinajstić information content (AvgIpc) is 1.76. The summed E-state index contributed by atoms with van der Waals surface area (Å²) in [5, 5.41) is 0.599. The summed E-state index contributed by atoms with van der Waals surface area (Å²) in [7, 11) is 0.312. The van der Waals surface area contributed by atoms with Crippen molar-refractivity contribution in [1.82, 2.24) is 0 Å². The Morgan fingerprint density at radius 3 is 0.929 bits per heavy atom. The first-order valence-electron chi connectivity index (χ1n) is 6.01. The van der Waals surface area contributed by atoms with Crippen molar-refractivity contribution in [2.24, 2.45) is 0 Å². The van der Waals surface area contributed by atoms with Crippen molar-refractivity contribution in [3.8, 4) is 0 Å². The van der Waals surface area contributed by atoms with Crippen LogP contribution in [0.1, 0.15) is 62.3 Å². The molecule has 0 aromatic heterocycles. The van der Waals surface area contributed by atoms with Gasteiger partial charge in [0.25, 0.3) is 0 Å². The number of hydrogen-bond acceptors (Lipinski definition) is 0. The van der Waals surface area contributed by atoms with Gasteiger partial charge in [0.15, 0.2) is 0 Å². The van der Waals surface area contributed by atoms with E-state index in [0.717, 1.165) is 0 Å². The summed E-state index contributed by atoms with van der Waals surface area (Å²) in [6.45, 7) is 20.6. The lowest BCUT2D eigenvalue weighted by Gasteiger charge is -2.61. The maximum atomic E-state index is 8.00. The molecule has 0 fully saturated rings. The van der Waals surface area contributed by atoms with E-state index in [1.807, 2.05) is 0 Å². The minimum Gasteiger partial charge on any atom is -0.247 e. The van der Waals surface area contributed by atoms with E-state index >= 15 is 0 Å². The van der Waals surface area contributed by atoms with E-state index in [2.05, 4.69) is 62.3 Å². The maximum Gasteiger partial charge on any atom is 0.0277 e. The molecular formula is C12H28BP. The van der Waals surface area contributed by atoms with E-state index in [1.54, 1.807) is 7.53 Å². The molecule has 0 heterocycles. The molecule has 0 aromatic rings. The summed E-state index contributed by atoms with van der Waals surface area (Å²) in [5.74, 6) is 0. The normalized spacial score (nSPS) is 16.8. The zero-order valence-corrected chi connectivity index (χ0v) is 12.4. The lowest BCUT2D eigenvalue weighted by Crippen LogP contribution is -2.43. The van der Waals surface area contributed by atoms with Crippen LogP contribution in [-0.2, 0) is 0 Å². The summed E-state index contributed by atoms with van der Waals surface area (Å²) in [5.41, 5.74) is 0. The fourth-order valence-corrected chi connectivity index (χ4v) is 9.06. The van der Waals surface area contributed by atoms with E-state index in [4.69, 9.17) is 1.34 Å². The van der Waals surface area contributed by atoms with E-state index in [-0.39, 0.29) is 15.5 Å². The Bertz CT molecular complexity index is 181. The Morgan fingerprint density at radius 2 is 0.929 bits per heavy atom. The monoisotopic (exact) mass is 215 g/mol. The summed E-state index contributed by atoms with van der Waals surface area (Å²) in [6.07, 6.45) is 0. The van der Waals surface area contributed by atoms with Crippen LogP contribution in [0.3, 0.4) is 0 Å². The van der Waals surface area contributed by atoms with Gasteiger partial charge in [-0.3, -0.25) is 0 Å². The third-order valence-corrected chi connectivity index (χ3v) is 9.52. The van der Waals surface area contributed by atoms with Crippen LogP contribution in [-0.4, -0.2) is 24.3 Å². The molecule has 0 N–H and O–H groups in total. The van der Waals surface area contributed by atoms with Gasteiger partial charge in [-0.2, -0.15) is 7.14 Å². The molecule has 0 aliphatic heterocycles. The minimum absolute atomic E-state index is 0.200. The van der Waals surface area contributed by atoms with Gasteiger partial charge in [0.1, 0.15) is 0 Å². The molecule has 2 heteroatoms. The van der Waals surface area contributed by atoms with E-state index < -0.39 is 7.14 Å². The SMILES string of the molecule is [2H][B-][P+](C(C)(C)C)(C(C)(C)C)C(C)(C)C. The van der Waals surface area contributed by atoms with Gasteiger partial charge in [-0.15, -0.1) is 0 Å². The van der Waals surface area contributed by atoms with Crippen molar-refractivity contribution in [3.05, 3.63) is 0 Å². The van der Waals surface area contributed by atoms with Gasteiger partial charge < -0.3 is 0 Å². The highest BCUT2D eigenvalue weighted by Crippen LogP contribution is 2.80. The van der Waals surface area contributed by atoms with Gasteiger partial charge in [-0.25, -0.2) is 1.34 Å². The van der Waals surface area contributed by atoms with Gasteiger partial charge in [-0.05, 0) is 62.3 Å². The molecule has 0 aliphatic carbocycles. The Kier molecular flexibility index (Phi) is 3.15. The van der Waals surface area contributed by atoms with E-state index in [0.29, 0.717) is 0 Å². The average molecular weight is 215 g/mol. The fraction of sp³-hybridized carbons (Fsp3) is 1.00. The molecule has 0 saturated heterocycles. The summed E-state index contributed by atoms with van der Waals surface area (Å²) >= 11 is 0. The van der Waals surface area contributed by atoms with Gasteiger partial charge in [-0.1, -0.05) is 7.53 Å². The quantitative estimate of drug-likeness (QED) is 0.454. The Morgan fingerprint density at radius 1 is 0.714 bits per heavy atom. The van der Waals surface area contributed by atoms with Crippen molar-refractivity contribution in [2.75, 3.05) is 0 Å². The van der Waals surface area contributed by atoms with E-state index in [1.165, 1.54) is 0 Å². The zero-order valence-electron chi connectivity index (χ0n) is 12.5. The second kappa shape index (κ2) is 3.51. The van der Waals surface area contributed by atoms with Crippen LogP contribution in [0.2, 0.25) is 0 Å². The van der Waals surface area contributed by atoms with Crippen LogP contribution < -0.4 is 0 Å². The highest BCUT2D eigenvalue weighted by atomic mass is 31.2. The molecule has 0 rings (SSSR count). The minimum atomic E-state index is -1.49. The molecule has 84 valence electrons. The molecule has 0 unspecified atom stereocenters. The topological polar surface area (TPSA) is 0 Å². The third kappa shape index (κ3) is 2.18. The largest absolute Gasteiger partial charge is 0.247 e. The smallest absolute Gasteiger partial charge is 0.0277 e. The lowest BCUT2D eigenvalue weighted by atomic mass is 10.2. The summed E-state index contributed by atoms with van der Waals surface area (Å²) in [4.78, 5) is 0. The molecule has 0 amide bonds. The summed E-state index contributed by atoms with van der Waals surface area (Å²) < 4.78 is 8.00. The van der Waals surface area contributed by atoms with Gasteiger partial charge in [0.05, 0.1) is 0 Å². The standard InChI is InChI=1S/C12H28BP/c1-10(2,3)14(13,11(4,5)6)12(7,8)9/h13H,1-9H3/i13D. The van der Waals surface area contributed by atoms with Crippen LogP contribution in [0.25, 0.3) is 0 Å². The van der Waals surface area contributed by atoms with E-state index in [9.17, 15) is 0 Å². The van der Waals surface area contributed by atoms with Crippen molar-refractivity contribution in [1.29, 1.82) is 1.34 Å². The Labute approximate surface area is 94.3 Å². The molecule has 2 radical (unpaired) electrons. The van der Waals surface area contributed by atoms with Crippen molar-refractivity contribution in [3.63, 3.8) is 0 Å². The molecule has 0 saturated carbocycles. The maximum absolute atomic E-state index is 8.00. The molecule has 0 atom stereocenters. The molecule has 0 aromatic carbocycles. The number of rotatable bonds is 1. The highest BCUT2D eigenvalue weighted by Gasteiger charge is 2.51. The first kappa shape index (κ1) is 12.6. The summed E-state index contributed by atoms with van der Waals surface area (Å²) in [6, 6.07) is 0. The first-order valence-corrected chi connectivity index (χ1v) is 7.29. The zero-order chi connectivity index (χ0) is 12.7. The Balaban J connectivity index is 5.78. The lowest BCUT2D eigenvalue weighted by molar-refractivity contribution is 0.636. The van der Waals surface area contributed by atoms with Crippen LogP contribution in [0.4, 0.5) is 0 Å². The van der Waals surface area contributed by atoms with Crippen molar-refractivity contribution < 1.29 is 0 Å². The molecule has 0 spiro atoms. The second-order valence-corrected chi connectivity index (χ2v) is 12.7. The second-order valence-electron chi connectivity index (χ2n) is 7.24. The predicted octanol–water partition coefficient (Wildman–Crippen LogP) is 4.22. The Hall–Kier alpha value is 0.495.